The molecule has 114 valence electrons. The molecule has 0 aliphatic carbocycles. The van der Waals surface area contributed by atoms with Gasteiger partial charge in [-0.2, -0.15) is 0 Å². The fourth-order valence-electron chi connectivity index (χ4n) is 1.73. The quantitative estimate of drug-likeness (QED) is 0.840. The zero-order chi connectivity index (χ0) is 16.0. The monoisotopic (exact) mass is 287 g/mol. The fraction of sp³-hybridized carbons (Fsp3) is 0.500. The summed E-state index contributed by atoms with van der Waals surface area (Å²) in [7, 11) is 0. The van der Waals surface area contributed by atoms with E-state index >= 15 is 0 Å². The molecule has 21 heavy (non-hydrogen) atoms. The van der Waals surface area contributed by atoms with Crippen LogP contribution in [0.4, 0.5) is 0 Å². The maximum Gasteiger partial charge on any atom is 0.251 e. The molecule has 0 saturated heterocycles. The number of carbonyl (C=O) groups excluding carboxylic acids is 1. The summed E-state index contributed by atoms with van der Waals surface area (Å²) in [6.07, 6.45) is 0. The molecule has 0 saturated carbocycles. The summed E-state index contributed by atoms with van der Waals surface area (Å²) in [5.74, 6) is 5.74. The summed E-state index contributed by atoms with van der Waals surface area (Å²) in [5.41, 5.74) is 2.46. The number of aryl methyl sites for hydroxylation is 1. The Morgan fingerprint density at radius 1 is 1.38 bits per heavy atom. The second-order valence-corrected chi connectivity index (χ2v) is 6.47. The van der Waals surface area contributed by atoms with E-state index in [1.165, 1.54) is 0 Å². The number of rotatable bonds is 3. The van der Waals surface area contributed by atoms with E-state index in [9.17, 15) is 4.79 Å². The van der Waals surface area contributed by atoms with Gasteiger partial charge in [-0.1, -0.05) is 45.6 Å². The van der Waals surface area contributed by atoms with E-state index in [0.29, 0.717) is 18.0 Å². The van der Waals surface area contributed by atoms with Crippen LogP contribution in [0.2, 0.25) is 0 Å². The smallest absolute Gasteiger partial charge is 0.251 e. The van der Waals surface area contributed by atoms with Crippen LogP contribution >= 0.6 is 0 Å². The van der Waals surface area contributed by atoms with E-state index in [1.54, 1.807) is 6.07 Å². The van der Waals surface area contributed by atoms with Crippen molar-refractivity contribution in [3.8, 4) is 11.8 Å². The molecule has 1 atom stereocenters. The maximum absolute atomic E-state index is 12.3. The van der Waals surface area contributed by atoms with Crippen LogP contribution in [0.25, 0.3) is 0 Å². The van der Waals surface area contributed by atoms with Gasteiger partial charge in [0.05, 0.1) is 0 Å². The van der Waals surface area contributed by atoms with Crippen molar-refractivity contribution in [3.63, 3.8) is 0 Å². The molecule has 1 rings (SSSR count). The summed E-state index contributed by atoms with van der Waals surface area (Å²) >= 11 is 0. The van der Waals surface area contributed by atoms with E-state index in [2.05, 4.69) is 44.9 Å². The van der Waals surface area contributed by atoms with Crippen LogP contribution in [-0.4, -0.2) is 24.2 Å². The first-order valence-corrected chi connectivity index (χ1v) is 7.24. The lowest BCUT2D eigenvalue weighted by atomic mass is 9.82. The Hall–Kier alpha value is -1.79. The van der Waals surface area contributed by atoms with Crippen molar-refractivity contribution in [2.45, 2.75) is 34.6 Å². The van der Waals surface area contributed by atoms with Gasteiger partial charge in [0, 0.05) is 17.7 Å². The third kappa shape index (κ3) is 5.24. The van der Waals surface area contributed by atoms with E-state index in [0.717, 1.165) is 11.1 Å². The summed E-state index contributed by atoms with van der Waals surface area (Å²) in [4.78, 5) is 12.3. The molecule has 1 unspecified atom stereocenters. The Balaban J connectivity index is 2.82. The van der Waals surface area contributed by atoms with Crippen molar-refractivity contribution in [1.82, 2.24) is 5.32 Å². The highest BCUT2D eigenvalue weighted by Gasteiger charge is 2.20. The van der Waals surface area contributed by atoms with Crippen LogP contribution in [0.3, 0.4) is 0 Å². The number of carbonyl (C=O) groups is 1. The average Bonchev–Trinajstić information content (AvgIpc) is 2.42. The molecular weight excluding hydrogens is 262 g/mol. The van der Waals surface area contributed by atoms with Gasteiger partial charge in [-0.15, -0.1) is 0 Å². The summed E-state index contributed by atoms with van der Waals surface area (Å²) in [5, 5.41) is 11.7. The highest BCUT2D eigenvalue weighted by Crippen LogP contribution is 2.24. The molecule has 0 aliphatic rings. The largest absolute Gasteiger partial charge is 0.384 e. The standard InChI is InChI=1S/C18H25NO2/c1-13-8-9-15(7-6-10-20)11-16(13)17(21)19-12-14(2)18(3,4)5/h8-9,11,14,20H,10,12H2,1-5H3,(H,19,21). The van der Waals surface area contributed by atoms with Crippen molar-refractivity contribution in [2.24, 2.45) is 11.3 Å². The van der Waals surface area contributed by atoms with Gasteiger partial charge in [-0.3, -0.25) is 4.79 Å². The van der Waals surface area contributed by atoms with Gasteiger partial charge in [0.1, 0.15) is 6.61 Å². The molecule has 1 amide bonds. The Morgan fingerprint density at radius 2 is 2.05 bits per heavy atom. The highest BCUT2D eigenvalue weighted by molar-refractivity contribution is 5.96. The molecule has 0 radical (unpaired) electrons. The van der Waals surface area contributed by atoms with Crippen LogP contribution < -0.4 is 5.32 Å². The maximum atomic E-state index is 12.3. The molecule has 1 aromatic carbocycles. The molecule has 0 heterocycles. The van der Waals surface area contributed by atoms with E-state index in [-0.39, 0.29) is 17.9 Å². The Bertz CT molecular complexity index is 559. The second kappa shape index (κ2) is 7.28. The van der Waals surface area contributed by atoms with E-state index in [1.807, 2.05) is 19.1 Å². The predicted molar refractivity (Wildman–Crippen MR) is 86.1 cm³/mol. The van der Waals surface area contributed by atoms with Crippen LogP contribution in [0, 0.1) is 30.1 Å². The number of hydrogen-bond acceptors (Lipinski definition) is 2. The van der Waals surface area contributed by atoms with Crippen molar-refractivity contribution in [3.05, 3.63) is 34.9 Å². The third-order valence-electron chi connectivity index (χ3n) is 3.84. The molecule has 3 nitrogen and oxygen atoms in total. The SMILES string of the molecule is Cc1ccc(C#CCO)cc1C(=O)NCC(C)C(C)(C)C. The minimum absolute atomic E-state index is 0.0729. The van der Waals surface area contributed by atoms with Gasteiger partial charge in [-0.05, 0) is 36.0 Å². The minimum Gasteiger partial charge on any atom is -0.384 e. The summed E-state index contributed by atoms with van der Waals surface area (Å²) < 4.78 is 0. The second-order valence-electron chi connectivity index (χ2n) is 6.47. The molecule has 0 bridgehead atoms. The topological polar surface area (TPSA) is 49.3 Å². The van der Waals surface area contributed by atoms with E-state index < -0.39 is 0 Å². The van der Waals surface area contributed by atoms with Crippen molar-refractivity contribution in [1.29, 1.82) is 0 Å². The molecular formula is C18H25NO2. The third-order valence-corrected chi connectivity index (χ3v) is 3.84. The van der Waals surface area contributed by atoms with Crippen LogP contribution in [0.1, 0.15) is 49.2 Å². The van der Waals surface area contributed by atoms with Gasteiger partial charge < -0.3 is 10.4 Å². The molecule has 3 heteroatoms. The summed E-state index contributed by atoms with van der Waals surface area (Å²) in [6.45, 7) is 11.0. The fourth-order valence-corrected chi connectivity index (χ4v) is 1.73. The average molecular weight is 287 g/mol. The number of benzene rings is 1. The van der Waals surface area contributed by atoms with Gasteiger partial charge in [0.15, 0.2) is 0 Å². The lowest BCUT2D eigenvalue weighted by Gasteiger charge is -2.27. The lowest BCUT2D eigenvalue weighted by molar-refractivity contribution is 0.0936. The zero-order valence-electron chi connectivity index (χ0n) is 13.6. The van der Waals surface area contributed by atoms with Gasteiger partial charge in [0.25, 0.3) is 5.91 Å². The number of amides is 1. The number of aliphatic hydroxyl groups excluding tert-OH is 1. The van der Waals surface area contributed by atoms with E-state index in [4.69, 9.17) is 5.11 Å². The predicted octanol–water partition coefficient (Wildman–Crippen LogP) is 2.75. The highest BCUT2D eigenvalue weighted by atomic mass is 16.2. The molecule has 0 fully saturated rings. The van der Waals surface area contributed by atoms with Crippen molar-refractivity contribution < 1.29 is 9.90 Å². The normalized spacial score (nSPS) is 12.3. The first-order chi connectivity index (χ1) is 9.75. The first-order valence-electron chi connectivity index (χ1n) is 7.24. The first kappa shape index (κ1) is 17.3. The molecule has 1 aromatic rings. The Morgan fingerprint density at radius 3 is 2.62 bits per heavy atom. The molecule has 2 N–H and O–H groups in total. The van der Waals surface area contributed by atoms with Gasteiger partial charge in [-0.25, -0.2) is 0 Å². The molecule has 0 aliphatic heterocycles. The number of nitrogens with one attached hydrogen (secondary N) is 1. The van der Waals surface area contributed by atoms with Crippen molar-refractivity contribution >= 4 is 5.91 Å². The summed E-state index contributed by atoms with van der Waals surface area (Å²) in [6, 6.07) is 5.51. The van der Waals surface area contributed by atoms with Crippen LogP contribution in [-0.2, 0) is 0 Å². The van der Waals surface area contributed by atoms with Gasteiger partial charge in [0.2, 0.25) is 0 Å². The van der Waals surface area contributed by atoms with Gasteiger partial charge >= 0.3 is 0 Å². The van der Waals surface area contributed by atoms with Crippen LogP contribution in [0.15, 0.2) is 18.2 Å². The van der Waals surface area contributed by atoms with Crippen LogP contribution in [0.5, 0.6) is 0 Å². The number of aliphatic hydroxyl groups is 1. The lowest BCUT2D eigenvalue weighted by Crippen LogP contribution is -2.34. The Kier molecular flexibility index (Phi) is 5.99. The van der Waals surface area contributed by atoms with Crippen molar-refractivity contribution in [2.75, 3.05) is 13.2 Å². The molecule has 0 aromatic heterocycles. The Labute approximate surface area is 127 Å². The number of hydrogen-bond donors (Lipinski definition) is 2. The zero-order valence-corrected chi connectivity index (χ0v) is 13.6. The minimum atomic E-state index is -0.182. The molecule has 0 spiro atoms.